The van der Waals surface area contributed by atoms with Gasteiger partial charge in [0, 0.05) is 31.3 Å². The number of carbonyl (C=O) groups is 4. The van der Waals surface area contributed by atoms with Crippen LogP contribution in [-0.2, 0) is 25.6 Å². The number of carbonyl (C=O) groups excluding carboxylic acids is 2. The van der Waals surface area contributed by atoms with Crippen molar-refractivity contribution >= 4 is 23.8 Å². The van der Waals surface area contributed by atoms with Crippen molar-refractivity contribution in [2.45, 2.75) is 50.2 Å². The fourth-order valence-electron chi connectivity index (χ4n) is 2.99. The minimum Gasteiger partial charge on any atom is -0.481 e. The van der Waals surface area contributed by atoms with Gasteiger partial charge in [-0.3, -0.25) is 14.4 Å². The van der Waals surface area contributed by atoms with Gasteiger partial charge in [-0.05, 0) is 19.3 Å². The maximum absolute atomic E-state index is 12.9. The number of amides is 2. The third-order valence-electron chi connectivity index (χ3n) is 4.42. The molecule has 0 unspecified atom stereocenters. The maximum atomic E-state index is 12.9. The van der Waals surface area contributed by atoms with Gasteiger partial charge in [0.05, 0.1) is 12.4 Å². The molecule has 1 aliphatic heterocycles. The highest BCUT2D eigenvalue weighted by Crippen LogP contribution is 2.19. The summed E-state index contributed by atoms with van der Waals surface area (Å²) in [5.74, 6) is -3.36. The standard InChI is InChI=1S/C16H23N5O6/c17-10(3-4-13(22)23)14(24)20-11(6-9-7-18-8-19-9)15(25)21-5-1-2-12(21)16(26)27/h7-8,10-12H,1-6,17H2,(H,18,19)(H,20,24)(H,22,23)(H,26,27)/t10-,11-,12+/m0/s1. The molecule has 6 N–H and O–H groups in total. The molecule has 11 nitrogen and oxygen atoms in total. The van der Waals surface area contributed by atoms with Crippen LogP contribution >= 0.6 is 0 Å². The second-order valence-electron chi connectivity index (χ2n) is 6.41. The number of likely N-dealkylation sites (tertiary alicyclic amines) is 1. The molecule has 11 heteroatoms. The first kappa shape index (κ1) is 20.4. The summed E-state index contributed by atoms with van der Waals surface area (Å²) in [5, 5.41) is 20.5. The van der Waals surface area contributed by atoms with E-state index in [2.05, 4.69) is 15.3 Å². The minimum absolute atomic E-state index is 0.0758. The number of hydrogen-bond acceptors (Lipinski definition) is 6. The zero-order valence-corrected chi connectivity index (χ0v) is 14.6. The molecular formula is C16H23N5O6. The van der Waals surface area contributed by atoms with E-state index in [9.17, 15) is 24.3 Å². The van der Waals surface area contributed by atoms with Crippen LogP contribution in [0, 0.1) is 0 Å². The number of aromatic amines is 1. The summed E-state index contributed by atoms with van der Waals surface area (Å²) >= 11 is 0. The number of rotatable bonds is 9. The summed E-state index contributed by atoms with van der Waals surface area (Å²) in [6.07, 6.45) is 3.56. The lowest BCUT2D eigenvalue weighted by atomic mass is 10.1. The smallest absolute Gasteiger partial charge is 0.326 e. The number of carboxylic acids is 2. The Morgan fingerprint density at radius 3 is 2.70 bits per heavy atom. The van der Waals surface area contributed by atoms with Crippen molar-refractivity contribution in [3.8, 4) is 0 Å². The zero-order chi connectivity index (χ0) is 20.0. The molecule has 1 saturated heterocycles. The van der Waals surface area contributed by atoms with Crippen LogP contribution in [0.15, 0.2) is 12.5 Å². The zero-order valence-electron chi connectivity index (χ0n) is 14.6. The van der Waals surface area contributed by atoms with Crippen LogP contribution in [0.2, 0.25) is 0 Å². The number of nitrogens with two attached hydrogens (primary N) is 1. The van der Waals surface area contributed by atoms with E-state index < -0.39 is 41.9 Å². The van der Waals surface area contributed by atoms with Crippen LogP contribution in [0.5, 0.6) is 0 Å². The van der Waals surface area contributed by atoms with E-state index in [-0.39, 0.29) is 25.8 Å². The van der Waals surface area contributed by atoms with E-state index in [1.807, 2.05) is 0 Å². The molecule has 0 spiro atoms. The van der Waals surface area contributed by atoms with E-state index in [1.165, 1.54) is 17.4 Å². The van der Waals surface area contributed by atoms with Crippen molar-refractivity contribution in [1.29, 1.82) is 0 Å². The maximum Gasteiger partial charge on any atom is 0.326 e. The molecule has 1 fully saturated rings. The van der Waals surface area contributed by atoms with Gasteiger partial charge >= 0.3 is 11.9 Å². The number of aromatic nitrogens is 2. The van der Waals surface area contributed by atoms with Crippen LogP contribution in [-0.4, -0.2) is 73.5 Å². The van der Waals surface area contributed by atoms with Gasteiger partial charge in [0.25, 0.3) is 0 Å². The summed E-state index contributed by atoms with van der Waals surface area (Å²) in [4.78, 5) is 55.1. The molecule has 2 amide bonds. The number of imidazole rings is 1. The molecule has 1 aromatic rings. The number of carboxylic acid groups (broad SMARTS) is 2. The van der Waals surface area contributed by atoms with Crippen LogP contribution in [0.3, 0.4) is 0 Å². The molecule has 1 aliphatic rings. The second-order valence-corrected chi connectivity index (χ2v) is 6.41. The molecule has 148 valence electrons. The summed E-state index contributed by atoms with van der Waals surface area (Å²) in [5.41, 5.74) is 6.28. The van der Waals surface area contributed by atoms with Gasteiger partial charge in [0.15, 0.2) is 0 Å². The molecule has 3 atom stereocenters. The van der Waals surface area contributed by atoms with Crippen molar-refractivity contribution in [2.24, 2.45) is 5.73 Å². The van der Waals surface area contributed by atoms with E-state index in [0.29, 0.717) is 18.5 Å². The molecule has 0 bridgehead atoms. The molecule has 2 rings (SSSR count). The lowest BCUT2D eigenvalue weighted by Crippen LogP contribution is -2.55. The third-order valence-corrected chi connectivity index (χ3v) is 4.42. The number of H-pyrrole nitrogens is 1. The second kappa shape index (κ2) is 9.12. The normalized spacial score (nSPS) is 18.7. The highest BCUT2D eigenvalue weighted by atomic mass is 16.4. The van der Waals surface area contributed by atoms with Crippen LogP contribution in [0.1, 0.15) is 31.4 Å². The molecule has 27 heavy (non-hydrogen) atoms. The number of nitrogens with one attached hydrogen (secondary N) is 2. The quantitative estimate of drug-likeness (QED) is 0.350. The number of nitrogens with zero attached hydrogens (tertiary/aromatic N) is 2. The van der Waals surface area contributed by atoms with Gasteiger partial charge in [-0.1, -0.05) is 0 Å². The van der Waals surface area contributed by atoms with E-state index >= 15 is 0 Å². The fraction of sp³-hybridized carbons (Fsp3) is 0.562. The van der Waals surface area contributed by atoms with Crippen molar-refractivity contribution in [3.63, 3.8) is 0 Å². The molecule has 0 aromatic carbocycles. The van der Waals surface area contributed by atoms with Crippen LogP contribution in [0.25, 0.3) is 0 Å². The topological polar surface area (TPSA) is 179 Å². The summed E-state index contributed by atoms with van der Waals surface area (Å²) < 4.78 is 0. The Kier molecular flexibility index (Phi) is 6.88. The number of hydrogen-bond donors (Lipinski definition) is 5. The average Bonchev–Trinajstić information content (AvgIpc) is 3.29. The third kappa shape index (κ3) is 5.51. The van der Waals surface area contributed by atoms with Gasteiger partial charge in [0.2, 0.25) is 11.8 Å². The Labute approximate surface area is 154 Å². The predicted molar refractivity (Wildman–Crippen MR) is 91.4 cm³/mol. The molecule has 0 aliphatic carbocycles. The van der Waals surface area contributed by atoms with Gasteiger partial charge < -0.3 is 31.1 Å². The highest BCUT2D eigenvalue weighted by molar-refractivity contribution is 5.92. The Hall–Kier alpha value is -2.95. The Bertz CT molecular complexity index is 691. The lowest BCUT2D eigenvalue weighted by Gasteiger charge is -2.27. The summed E-state index contributed by atoms with van der Waals surface area (Å²) in [6, 6.07) is -3.06. The van der Waals surface area contributed by atoms with Crippen LogP contribution in [0.4, 0.5) is 0 Å². The number of aliphatic carboxylic acids is 2. The summed E-state index contributed by atoms with van der Waals surface area (Å²) in [6.45, 7) is 0.288. The highest BCUT2D eigenvalue weighted by Gasteiger charge is 2.38. The predicted octanol–water partition coefficient (Wildman–Crippen LogP) is -1.30. The Morgan fingerprint density at radius 2 is 2.11 bits per heavy atom. The first-order valence-electron chi connectivity index (χ1n) is 8.58. The van der Waals surface area contributed by atoms with Crippen molar-refractivity contribution in [1.82, 2.24) is 20.2 Å². The van der Waals surface area contributed by atoms with E-state index in [0.717, 1.165) is 0 Å². The van der Waals surface area contributed by atoms with Crippen molar-refractivity contribution in [3.05, 3.63) is 18.2 Å². The largest absolute Gasteiger partial charge is 0.481 e. The van der Waals surface area contributed by atoms with Crippen molar-refractivity contribution in [2.75, 3.05) is 6.54 Å². The average molecular weight is 381 g/mol. The Morgan fingerprint density at radius 1 is 1.37 bits per heavy atom. The SMILES string of the molecule is N[C@@H](CCC(=O)O)C(=O)N[C@@H](Cc1cnc[nH]1)C(=O)N1CCC[C@@H]1C(=O)O. The lowest BCUT2D eigenvalue weighted by molar-refractivity contribution is -0.149. The van der Waals surface area contributed by atoms with Gasteiger partial charge in [-0.15, -0.1) is 0 Å². The fourth-order valence-corrected chi connectivity index (χ4v) is 2.99. The first-order chi connectivity index (χ1) is 12.8. The van der Waals surface area contributed by atoms with Gasteiger partial charge in [-0.2, -0.15) is 0 Å². The van der Waals surface area contributed by atoms with Gasteiger partial charge in [0.1, 0.15) is 12.1 Å². The Balaban J connectivity index is 2.11. The molecule has 1 aromatic heterocycles. The van der Waals surface area contributed by atoms with Crippen LogP contribution < -0.4 is 11.1 Å². The van der Waals surface area contributed by atoms with Crippen molar-refractivity contribution < 1.29 is 29.4 Å². The minimum atomic E-state index is -1.09. The molecule has 0 saturated carbocycles. The van der Waals surface area contributed by atoms with E-state index in [4.69, 9.17) is 10.8 Å². The molecular weight excluding hydrogens is 358 g/mol. The monoisotopic (exact) mass is 381 g/mol. The molecule has 0 radical (unpaired) electrons. The molecule has 2 heterocycles. The van der Waals surface area contributed by atoms with E-state index in [1.54, 1.807) is 0 Å². The van der Waals surface area contributed by atoms with Gasteiger partial charge in [-0.25, -0.2) is 9.78 Å². The first-order valence-corrected chi connectivity index (χ1v) is 8.58. The summed E-state index contributed by atoms with van der Waals surface area (Å²) in [7, 11) is 0.